The number of dihydropyridines is 1. The van der Waals surface area contributed by atoms with Gasteiger partial charge in [0.15, 0.2) is 0 Å². The Balaban J connectivity index is 1.62. The minimum Gasteiger partial charge on any atom is -0.367 e. The molecule has 2 heterocycles. The SMILES string of the molecule is O=C(NC1C=CC(c2ccccn2)=CN1)c1ccc(F)cc1. The molecule has 1 atom stereocenters. The van der Waals surface area contributed by atoms with Gasteiger partial charge in [0, 0.05) is 23.5 Å². The molecule has 1 aliphatic heterocycles. The zero-order valence-corrected chi connectivity index (χ0v) is 11.7. The lowest BCUT2D eigenvalue weighted by Crippen LogP contribution is -2.42. The van der Waals surface area contributed by atoms with E-state index in [9.17, 15) is 9.18 Å². The minimum absolute atomic E-state index is 0.267. The number of carbonyl (C=O) groups is 1. The zero-order valence-electron chi connectivity index (χ0n) is 11.7. The lowest BCUT2D eigenvalue weighted by molar-refractivity contribution is 0.0941. The van der Waals surface area contributed by atoms with Crippen molar-refractivity contribution in [2.45, 2.75) is 6.17 Å². The van der Waals surface area contributed by atoms with Gasteiger partial charge in [-0.15, -0.1) is 0 Å². The van der Waals surface area contributed by atoms with Gasteiger partial charge in [0.2, 0.25) is 0 Å². The average Bonchev–Trinajstić information content (AvgIpc) is 2.57. The van der Waals surface area contributed by atoms with E-state index in [2.05, 4.69) is 15.6 Å². The Morgan fingerprint density at radius 2 is 2.00 bits per heavy atom. The molecule has 1 unspecified atom stereocenters. The molecule has 22 heavy (non-hydrogen) atoms. The van der Waals surface area contributed by atoms with Crippen molar-refractivity contribution in [2.24, 2.45) is 0 Å². The largest absolute Gasteiger partial charge is 0.367 e. The molecule has 0 saturated carbocycles. The maximum absolute atomic E-state index is 12.8. The standard InChI is InChI=1S/C17H14FN3O/c18-14-7-4-12(5-8-14)17(22)21-16-9-6-13(11-20-16)15-3-1-2-10-19-15/h1-11,16,20H,(H,21,22). The number of aromatic nitrogens is 1. The molecule has 110 valence electrons. The van der Waals surface area contributed by atoms with Crippen LogP contribution in [0.4, 0.5) is 4.39 Å². The van der Waals surface area contributed by atoms with Crippen molar-refractivity contribution >= 4 is 11.5 Å². The van der Waals surface area contributed by atoms with Gasteiger partial charge in [0.05, 0.1) is 5.69 Å². The van der Waals surface area contributed by atoms with Gasteiger partial charge in [-0.05, 0) is 42.5 Å². The summed E-state index contributed by atoms with van der Waals surface area (Å²) in [6.45, 7) is 0. The Kier molecular flexibility index (Phi) is 3.96. The monoisotopic (exact) mass is 295 g/mol. The first-order chi connectivity index (χ1) is 10.7. The van der Waals surface area contributed by atoms with E-state index in [0.717, 1.165) is 11.3 Å². The van der Waals surface area contributed by atoms with Crippen LogP contribution in [-0.2, 0) is 0 Å². The zero-order chi connectivity index (χ0) is 15.4. The Labute approximate surface area is 127 Å². The van der Waals surface area contributed by atoms with Crippen molar-refractivity contribution < 1.29 is 9.18 Å². The molecule has 5 heteroatoms. The molecular weight excluding hydrogens is 281 g/mol. The second kappa shape index (κ2) is 6.22. The number of rotatable bonds is 3. The summed E-state index contributed by atoms with van der Waals surface area (Å²) in [6.07, 6.45) is 6.95. The predicted molar refractivity (Wildman–Crippen MR) is 82.1 cm³/mol. The highest BCUT2D eigenvalue weighted by Gasteiger charge is 2.13. The summed E-state index contributed by atoms with van der Waals surface area (Å²) in [5, 5.41) is 5.89. The fourth-order valence-corrected chi connectivity index (χ4v) is 2.09. The summed E-state index contributed by atoms with van der Waals surface area (Å²) in [5.41, 5.74) is 2.21. The fraction of sp³-hybridized carbons (Fsp3) is 0.0588. The van der Waals surface area contributed by atoms with E-state index in [0.29, 0.717) is 5.56 Å². The van der Waals surface area contributed by atoms with Crippen molar-refractivity contribution in [3.05, 3.63) is 84.1 Å². The molecule has 3 rings (SSSR count). The van der Waals surface area contributed by atoms with Crippen molar-refractivity contribution in [3.8, 4) is 0 Å². The summed E-state index contributed by atoms with van der Waals surface area (Å²) in [4.78, 5) is 16.3. The van der Waals surface area contributed by atoms with Gasteiger partial charge in [-0.3, -0.25) is 9.78 Å². The first-order valence-corrected chi connectivity index (χ1v) is 6.84. The minimum atomic E-state index is -0.366. The molecule has 0 radical (unpaired) electrons. The maximum Gasteiger partial charge on any atom is 0.253 e. The molecule has 1 aliphatic rings. The number of nitrogens with zero attached hydrogens (tertiary/aromatic N) is 1. The molecule has 1 aromatic carbocycles. The van der Waals surface area contributed by atoms with E-state index in [1.54, 1.807) is 12.4 Å². The lowest BCUT2D eigenvalue weighted by Gasteiger charge is -2.20. The van der Waals surface area contributed by atoms with Crippen LogP contribution < -0.4 is 10.6 Å². The molecule has 0 bridgehead atoms. The normalized spacial score (nSPS) is 16.6. The van der Waals surface area contributed by atoms with E-state index in [1.807, 2.05) is 30.4 Å². The van der Waals surface area contributed by atoms with Gasteiger partial charge in [0.25, 0.3) is 5.91 Å². The second-order valence-corrected chi connectivity index (χ2v) is 4.80. The van der Waals surface area contributed by atoms with Gasteiger partial charge in [-0.2, -0.15) is 0 Å². The van der Waals surface area contributed by atoms with Gasteiger partial charge < -0.3 is 10.6 Å². The summed E-state index contributed by atoms with van der Waals surface area (Å²) in [5.74, 6) is -0.632. The van der Waals surface area contributed by atoms with Gasteiger partial charge in [-0.1, -0.05) is 12.1 Å². The van der Waals surface area contributed by atoms with Crippen LogP contribution in [0.5, 0.6) is 0 Å². The molecule has 0 spiro atoms. The Morgan fingerprint density at radius 3 is 2.64 bits per heavy atom. The number of hydrogen-bond donors (Lipinski definition) is 2. The van der Waals surface area contributed by atoms with Crippen LogP contribution in [0.15, 0.2) is 67.0 Å². The number of hydrogen-bond acceptors (Lipinski definition) is 3. The quantitative estimate of drug-likeness (QED) is 0.914. The highest BCUT2D eigenvalue weighted by molar-refractivity contribution is 5.94. The van der Waals surface area contributed by atoms with Crippen LogP contribution in [0, 0.1) is 5.82 Å². The van der Waals surface area contributed by atoms with Gasteiger partial charge in [0.1, 0.15) is 12.0 Å². The molecular formula is C17H14FN3O. The smallest absolute Gasteiger partial charge is 0.253 e. The topological polar surface area (TPSA) is 54.0 Å². The van der Waals surface area contributed by atoms with Crippen LogP contribution in [-0.4, -0.2) is 17.1 Å². The molecule has 2 N–H and O–H groups in total. The van der Waals surface area contributed by atoms with Crippen LogP contribution >= 0.6 is 0 Å². The summed E-state index contributed by atoms with van der Waals surface area (Å²) in [7, 11) is 0. The molecule has 2 aromatic rings. The fourth-order valence-electron chi connectivity index (χ4n) is 2.09. The summed E-state index contributed by atoms with van der Waals surface area (Å²) < 4.78 is 12.8. The van der Waals surface area contributed by atoms with Crippen LogP contribution in [0.1, 0.15) is 16.1 Å². The van der Waals surface area contributed by atoms with Crippen LogP contribution in [0.25, 0.3) is 5.57 Å². The van der Waals surface area contributed by atoms with E-state index in [1.165, 1.54) is 24.3 Å². The number of amides is 1. The summed E-state index contributed by atoms with van der Waals surface area (Å²) in [6, 6.07) is 11.1. The average molecular weight is 295 g/mol. The van der Waals surface area contributed by atoms with Gasteiger partial charge >= 0.3 is 0 Å². The summed E-state index contributed by atoms with van der Waals surface area (Å²) >= 11 is 0. The Morgan fingerprint density at radius 1 is 1.18 bits per heavy atom. The highest BCUT2D eigenvalue weighted by atomic mass is 19.1. The predicted octanol–water partition coefficient (Wildman–Crippen LogP) is 2.48. The van der Waals surface area contributed by atoms with Gasteiger partial charge in [-0.25, -0.2) is 4.39 Å². The van der Waals surface area contributed by atoms with Crippen LogP contribution in [0.3, 0.4) is 0 Å². The molecule has 0 fully saturated rings. The van der Waals surface area contributed by atoms with Crippen molar-refractivity contribution in [3.63, 3.8) is 0 Å². The maximum atomic E-state index is 12.8. The number of halogens is 1. The van der Waals surface area contributed by atoms with Crippen LogP contribution in [0.2, 0.25) is 0 Å². The lowest BCUT2D eigenvalue weighted by atomic mass is 10.1. The highest BCUT2D eigenvalue weighted by Crippen LogP contribution is 2.15. The first kappa shape index (κ1) is 14.0. The van der Waals surface area contributed by atoms with E-state index in [4.69, 9.17) is 0 Å². The third-order valence-electron chi connectivity index (χ3n) is 3.24. The third kappa shape index (κ3) is 3.20. The second-order valence-electron chi connectivity index (χ2n) is 4.80. The molecule has 0 aliphatic carbocycles. The van der Waals surface area contributed by atoms with E-state index in [-0.39, 0.29) is 17.9 Å². The molecule has 1 aromatic heterocycles. The van der Waals surface area contributed by atoms with Crippen molar-refractivity contribution in [1.82, 2.24) is 15.6 Å². The number of carbonyl (C=O) groups excluding carboxylic acids is 1. The molecule has 1 amide bonds. The molecule has 4 nitrogen and oxygen atoms in total. The van der Waals surface area contributed by atoms with Crippen molar-refractivity contribution in [1.29, 1.82) is 0 Å². The van der Waals surface area contributed by atoms with E-state index >= 15 is 0 Å². The number of allylic oxidation sites excluding steroid dienone is 2. The number of pyridine rings is 1. The third-order valence-corrected chi connectivity index (χ3v) is 3.24. The number of nitrogens with one attached hydrogen (secondary N) is 2. The van der Waals surface area contributed by atoms with Crippen molar-refractivity contribution in [2.75, 3.05) is 0 Å². The first-order valence-electron chi connectivity index (χ1n) is 6.84. The Hall–Kier alpha value is -2.95. The molecule has 0 saturated heterocycles. The Bertz CT molecular complexity index is 723. The van der Waals surface area contributed by atoms with E-state index < -0.39 is 0 Å². The number of benzene rings is 1.